The SMILES string of the molecule is COc1ccc(Cn2cc(-c3ccnc(NCCN(C)C)c3)c(-c3cccc([N+](=O)[O-])c3)n2)cc1. The van der Waals surface area contributed by atoms with Crippen molar-refractivity contribution >= 4 is 11.5 Å². The molecule has 0 saturated carbocycles. The van der Waals surface area contributed by atoms with Gasteiger partial charge in [0.05, 0.1) is 18.6 Å². The van der Waals surface area contributed by atoms with E-state index in [1.165, 1.54) is 6.07 Å². The molecule has 35 heavy (non-hydrogen) atoms. The number of hydrogen-bond donors (Lipinski definition) is 1. The number of methoxy groups -OCH3 is 1. The molecule has 0 aliphatic rings. The zero-order valence-electron chi connectivity index (χ0n) is 20.0. The van der Waals surface area contributed by atoms with Crippen molar-refractivity contribution in [3.8, 4) is 28.1 Å². The number of non-ortho nitro benzene ring substituents is 1. The Morgan fingerprint density at radius 1 is 1.09 bits per heavy atom. The van der Waals surface area contributed by atoms with Crippen LogP contribution in [0.4, 0.5) is 11.5 Å². The average Bonchev–Trinajstić information content (AvgIpc) is 3.28. The zero-order valence-corrected chi connectivity index (χ0v) is 20.0. The zero-order chi connectivity index (χ0) is 24.8. The normalized spacial score (nSPS) is 11.0. The van der Waals surface area contributed by atoms with Gasteiger partial charge in [-0.3, -0.25) is 14.8 Å². The molecule has 0 atom stereocenters. The number of hydrogen-bond acceptors (Lipinski definition) is 7. The molecule has 4 aromatic rings. The molecule has 2 heterocycles. The van der Waals surface area contributed by atoms with Crippen LogP contribution in [0.5, 0.6) is 5.75 Å². The highest BCUT2D eigenvalue weighted by molar-refractivity contribution is 5.82. The van der Waals surface area contributed by atoms with Gasteiger partial charge in [0.2, 0.25) is 0 Å². The lowest BCUT2D eigenvalue weighted by molar-refractivity contribution is -0.384. The van der Waals surface area contributed by atoms with Crippen molar-refractivity contribution in [2.45, 2.75) is 6.54 Å². The minimum Gasteiger partial charge on any atom is -0.497 e. The van der Waals surface area contributed by atoms with E-state index in [1.807, 2.05) is 67.4 Å². The molecule has 2 aromatic carbocycles. The lowest BCUT2D eigenvalue weighted by atomic mass is 10.0. The third kappa shape index (κ3) is 6.01. The topological polar surface area (TPSA) is 98.3 Å². The smallest absolute Gasteiger partial charge is 0.270 e. The highest BCUT2D eigenvalue weighted by atomic mass is 16.6. The first-order valence-electron chi connectivity index (χ1n) is 11.2. The fourth-order valence-electron chi connectivity index (χ4n) is 3.71. The Morgan fingerprint density at radius 2 is 1.89 bits per heavy atom. The van der Waals surface area contributed by atoms with Gasteiger partial charge in [-0.1, -0.05) is 24.3 Å². The number of benzene rings is 2. The van der Waals surface area contributed by atoms with E-state index in [0.29, 0.717) is 17.8 Å². The highest BCUT2D eigenvalue weighted by Crippen LogP contribution is 2.33. The van der Waals surface area contributed by atoms with Crippen LogP contribution in [0, 0.1) is 10.1 Å². The molecule has 1 N–H and O–H groups in total. The second-order valence-corrected chi connectivity index (χ2v) is 8.40. The number of pyridine rings is 1. The Kier molecular flexibility index (Phi) is 7.37. The van der Waals surface area contributed by atoms with Crippen molar-refractivity contribution in [3.05, 3.63) is 88.7 Å². The van der Waals surface area contributed by atoms with Gasteiger partial charge in [-0.15, -0.1) is 0 Å². The number of rotatable bonds is 10. The molecule has 2 aromatic heterocycles. The summed E-state index contributed by atoms with van der Waals surface area (Å²) >= 11 is 0. The third-order valence-electron chi connectivity index (χ3n) is 5.53. The van der Waals surface area contributed by atoms with Crippen LogP contribution >= 0.6 is 0 Å². The predicted octanol–water partition coefficient (Wildman–Crippen LogP) is 4.55. The van der Waals surface area contributed by atoms with Gasteiger partial charge in [0.1, 0.15) is 17.3 Å². The number of nitro benzene ring substituents is 1. The Bertz CT molecular complexity index is 1300. The number of likely N-dealkylation sites (N-methyl/N-ethyl adjacent to an activating group) is 1. The first-order chi connectivity index (χ1) is 16.9. The monoisotopic (exact) mass is 472 g/mol. The van der Waals surface area contributed by atoms with Crippen LogP contribution in [0.1, 0.15) is 5.56 Å². The second kappa shape index (κ2) is 10.8. The number of nitrogens with zero attached hydrogens (tertiary/aromatic N) is 5. The van der Waals surface area contributed by atoms with Gasteiger partial charge in [0, 0.05) is 48.7 Å². The lowest BCUT2D eigenvalue weighted by Crippen LogP contribution is -2.21. The summed E-state index contributed by atoms with van der Waals surface area (Å²) in [7, 11) is 5.68. The van der Waals surface area contributed by atoms with Crippen molar-refractivity contribution in [2.24, 2.45) is 0 Å². The van der Waals surface area contributed by atoms with Gasteiger partial charge < -0.3 is 15.0 Å². The summed E-state index contributed by atoms with van der Waals surface area (Å²) in [6.45, 7) is 2.19. The van der Waals surface area contributed by atoms with Crippen molar-refractivity contribution < 1.29 is 9.66 Å². The minimum atomic E-state index is -0.392. The lowest BCUT2D eigenvalue weighted by Gasteiger charge is -2.11. The quantitative estimate of drug-likeness (QED) is 0.267. The van der Waals surface area contributed by atoms with Crippen LogP contribution in [-0.2, 0) is 6.54 Å². The number of aromatic nitrogens is 3. The molecule has 0 fully saturated rings. The van der Waals surface area contributed by atoms with E-state index in [-0.39, 0.29) is 5.69 Å². The van der Waals surface area contributed by atoms with Gasteiger partial charge in [0.15, 0.2) is 0 Å². The van der Waals surface area contributed by atoms with E-state index in [4.69, 9.17) is 9.84 Å². The maximum absolute atomic E-state index is 11.4. The Balaban J connectivity index is 1.71. The van der Waals surface area contributed by atoms with E-state index >= 15 is 0 Å². The predicted molar refractivity (Wildman–Crippen MR) is 137 cm³/mol. The van der Waals surface area contributed by atoms with Crippen LogP contribution in [0.25, 0.3) is 22.4 Å². The Hall–Kier alpha value is -4.24. The van der Waals surface area contributed by atoms with Crippen molar-refractivity contribution in [2.75, 3.05) is 39.6 Å². The Morgan fingerprint density at radius 3 is 2.60 bits per heavy atom. The summed E-state index contributed by atoms with van der Waals surface area (Å²) < 4.78 is 7.10. The molecule has 4 rings (SSSR count). The van der Waals surface area contributed by atoms with Crippen molar-refractivity contribution in [1.82, 2.24) is 19.7 Å². The average molecular weight is 473 g/mol. The molecule has 0 unspecified atom stereocenters. The molecule has 0 amide bonds. The number of ether oxygens (including phenoxy) is 1. The molecule has 0 radical (unpaired) electrons. The van der Waals surface area contributed by atoms with Gasteiger partial charge in [-0.2, -0.15) is 5.10 Å². The third-order valence-corrected chi connectivity index (χ3v) is 5.53. The molecule has 180 valence electrons. The van der Waals surface area contributed by atoms with Gasteiger partial charge in [-0.05, 0) is 49.5 Å². The Labute approximate surface area is 204 Å². The van der Waals surface area contributed by atoms with Crippen LogP contribution in [0.15, 0.2) is 73.1 Å². The van der Waals surface area contributed by atoms with E-state index in [0.717, 1.165) is 41.3 Å². The van der Waals surface area contributed by atoms with Gasteiger partial charge in [-0.25, -0.2) is 4.98 Å². The second-order valence-electron chi connectivity index (χ2n) is 8.40. The number of nitro groups is 1. The van der Waals surface area contributed by atoms with Crippen LogP contribution in [0.2, 0.25) is 0 Å². The molecule has 0 aliphatic heterocycles. The van der Waals surface area contributed by atoms with Crippen molar-refractivity contribution in [1.29, 1.82) is 0 Å². The first kappa shape index (κ1) is 23.9. The van der Waals surface area contributed by atoms with E-state index in [9.17, 15) is 10.1 Å². The summed E-state index contributed by atoms with van der Waals surface area (Å²) in [5.41, 5.74) is 4.24. The summed E-state index contributed by atoms with van der Waals surface area (Å²) in [6.07, 6.45) is 3.72. The molecule has 0 saturated heterocycles. The van der Waals surface area contributed by atoms with E-state index < -0.39 is 4.92 Å². The molecular weight excluding hydrogens is 444 g/mol. The number of nitrogens with one attached hydrogen (secondary N) is 1. The summed E-state index contributed by atoms with van der Waals surface area (Å²) in [6, 6.07) is 18.3. The summed E-state index contributed by atoms with van der Waals surface area (Å²) in [5, 5.41) is 19.6. The minimum absolute atomic E-state index is 0.0268. The fourth-order valence-corrected chi connectivity index (χ4v) is 3.71. The molecular formula is C26H28N6O3. The van der Waals surface area contributed by atoms with E-state index in [2.05, 4.69) is 15.2 Å². The molecule has 9 heteroatoms. The van der Waals surface area contributed by atoms with Crippen LogP contribution < -0.4 is 10.1 Å². The summed E-state index contributed by atoms with van der Waals surface area (Å²) in [5.74, 6) is 1.55. The maximum Gasteiger partial charge on any atom is 0.270 e. The number of anilines is 1. The van der Waals surface area contributed by atoms with E-state index in [1.54, 1.807) is 25.4 Å². The van der Waals surface area contributed by atoms with Crippen LogP contribution in [0.3, 0.4) is 0 Å². The molecule has 0 aliphatic carbocycles. The molecule has 0 spiro atoms. The van der Waals surface area contributed by atoms with Gasteiger partial charge >= 0.3 is 0 Å². The van der Waals surface area contributed by atoms with Crippen molar-refractivity contribution in [3.63, 3.8) is 0 Å². The largest absolute Gasteiger partial charge is 0.497 e. The summed E-state index contributed by atoms with van der Waals surface area (Å²) in [4.78, 5) is 17.5. The molecule has 9 nitrogen and oxygen atoms in total. The standard InChI is InChI=1S/C26H28N6O3/c1-30(2)14-13-28-25-16-20(11-12-27-25)24-18-31(17-19-7-9-23(35-3)10-8-19)29-26(24)21-5-4-6-22(15-21)32(33)34/h4-12,15-16,18H,13-14,17H2,1-3H3,(H,27,28). The highest BCUT2D eigenvalue weighted by Gasteiger charge is 2.17. The fraction of sp³-hybridized carbons (Fsp3) is 0.231. The molecule has 0 bridgehead atoms. The van der Waals surface area contributed by atoms with Gasteiger partial charge in [0.25, 0.3) is 5.69 Å². The van der Waals surface area contributed by atoms with Crippen LogP contribution in [-0.4, -0.2) is 58.9 Å². The maximum atomic E-state index is 11.4. The first-order valence-corrected chi connectivity index (χ1v) is 11.2.